The highest BCUT2D eigenvalue weighted by molar-refractivity contribution is 9.10. The maximum absolute atomic E-state index is 11.1. The Labute approximate surface area is 214 Å². The molecule has 3 rings (SSSR count). The molecule has 1 N–H and O–H groups in total. The van der Waals surface area contributed by atoms with Crippen LogP contribution in [0.2, 0.25) is 0 Å². The molecule has 0 aromatic heterocycles. The zero-order valence-electron chi connectivity index (χ0n) is 19.3. The summed E-state index contributed by atoms with van der Waals surface area (Å²) < 4.78 is 6.86. The molecular formula is C25H37BrCl2N2O2. The van der Waals surface area contributed by atoms with Crippen molar-refractivity contribution in [2.45, 2.75) is 51.2 Å². The largest absolute Gasteiger partial charge is 0.491 e. The molecule has 0 aliphatic carbocycles. The van der Waals surface area contributed by atoms with E-state index in [1.54, 1.807) is 0 Å². The summed E-state index contributed by atoms with van der Waals surface area (Å²) in [5.74, 6) is 0.899. The number of hydrogen-bond acceptors (Lipinski definition) is 4. The quantitative estimate of drug-likeness (QED) is 0.419. The minimum Gasteiger partial charge on any atom is -0.491 e. The van der Waals surface area contributed by atoms with Crippen LogP contribution in [-0.4, -0.2) is 54.9 Å². The van der Waals surface area contributed by atoms with Crippen LogP contribution in [0.1, 0.15) is 38.7 Å². The van der Waals surface area contributed by atoms with Crippen LogP contribution < -0.4 is 9.64 Å². The number of aliphatic hydroxyl groups is 1. The van der Waals surface area contributed by atoms with E-state index in [0.717, 1.165) is 67.8 Å². The van der Waals surface area contributed by atoms with Crippen molar-refractivity contribution in [3.8, 4) is 5.75 Å². The lowest BCUT2D eigenvalue weighted by atomic mass is 9.88. The Hall–Kier alpha value is -0.980. The van der Waals surface area contributed by atoms with Gasteiger partial charge in [0.05, 0.1) is 11.7 Å². The zero-order chi connectivity index (χ0) is 21.6. The van der Waals surface area contributed by atoms with Gasteiger partial charge in [-0.2, -0.15) is 0 Å². The van der Waals surface area contributed by atoms with Crippen LogP contribution in [0.15, 0.2) is 53.0 Å². The molecule has 1 aliphatic rings. The Bertz CT molecular complexity index is 797. The first-order valence-electron chi connectivity index (χ1n) is 11.0. The second kappa shape index (κ2) is 13.7. The first-order valence-corrected chi connectivity index (χ1v) is 11.8. The fourth-order valence-electron chi connectivity index (χ4n) is 3.98. The summed E-state index contributed by atoms with van der Waals surface area (Å²) in [6.45, 7) is 7.90. The third kappa shape index (κ3) is 9.11. The van der Waals surface area contributed by atoms with Crippen LogP contribution in [0, 0.1) is 0 Å². The highest BCUT2D eigenvalue weighted by Crippen LogP contribution is 2.27. The number of ether oxygens (including phenoxy) is 1. The Morgan fingerprint density at radius 1 is 1.09 bits per heavy atom. The van der Waals surface area contributed by atoms with Crippen LogP contribution in [0.4, 0.5) is 5.69 Å². The number of nitrogens with zero attached hydrogens (tertiary/aromatic N) is 2. The maximum atomic E-state index is 11.1. The Morgan fingerprint density at radius 2 is 1.75 bits per heavy atom. The highest BCUT2D eigenvalue weighted by Gasteiger charge is 2.32. The summed E-state index contributed by atoms with van der Waals surface area (Å²) in [5, 5.41) is 11.1. The van der Waals surface area contributed by atoms with Crippen LogP contribution in [0.5, 0.6) is 5.75 Å². The van der Waals surface area contributed by atoms with E-state index in [4.69, 9.17) is 4.74 Å². The minimum atomic E-state index is -0.554. The lowest BCUT2D eigenvalue weighted by Crippen LogP contribution is -2.46. The number of rotatable bonds is 9. The molecule has 32 heavy (non-hydrogen) atoms. The predicted octanol–water partition coefficient (Wildman–Crippen LogP) is 5.98. The average Bonchev–Trinajstić information content (AvgIpc) is 2.72. The molecule has 0 saturated carbocycles. The Kier molecular flexibility index (Phi) is 12.4. The maximum Gasteiger partial charge on any atom is 0.119 e. The van der Waals surface area contributed by atoms with Crippen LogP contribution >= 0.6 is 40.7 Å². The topological polar surface area (TPSA) is 35.9 Å². The molecule has 1 saturated heterocycles. The fraction of sp³-hybridized carbons (Fsp3) is 0.520. The summed E-state index contributed by atoms with van der Waals surface area (Å²) in [6, 6.07) is 16.7. The minimum absolute atomic E-state index is 0. The van der Waals surface area contributed by atoms with E-state index in [-0.39, 0.29) is 30.9 Å². The van der Waals surface area contributed by atoms with Gasteiger partial charge in [0.1, 0.15) is 5.75 Å². The van der Waals surface area contributed by atoms with E-state index in [1.807, 2.05) is 26.0 Å². The van der Waals surface area contributed by atoms with Crippen molar-refractivity contribution in [1.29, 1.82) is 0 Å². The molecule has 0 spiro atoms. The van der Waals surface area contributed by atoms with Crippen molar-refractivity contribution in [1.82, 2.24) is 4.90 Å². The summed E-state index contributed by atoms with van der Waals surface area (Å²) in [4.78, 5) is 4.70. The van der Waals surface area contributed by atoms with E-state index in [0.29, 0.717) is 0 Å². The van der Waals surface area contributed by atoms with Crippen LogP contribution in [-0.2, 0) is 6.42 Å². The molecule has 2 aromatic rings. The monoisotopic (exact) mass is 546 g/mol. The second-order valence-electron chi connectivity index (χ2n) is 8.78. The number of benzene rings is 2. The SMILES string of the molecule is CC(C)Oc1ccc(N(C)CCC2(O)CCN(CCc3cccc(Br)c3)CC2)cc1.Cl.Cl. The predicted molar refractivity (Wildman–Crippen MR) is 143 cm³/mol. The molecule has 0 amide bonds. The Balaban J connectivity index is 0.00000256. The van der Waals surface area contributed by atoms with Gasteiger partial charge in [-0.05, 0) is 81.5 Å². The zero-order valence-corrected chi connectivity index (χ0v) is 22.5. The van der Waals surface area contributed by atoms with Crippen molar-refractivity contribution in [2.75, 3.05) is 38.1 Å². The van der Waals surface area contributed by atoms with Gasteiger partial charge < -0.3 is 19.6 Å². The van der Waals surface area contributed by atoms with Gasteiger partial charge in [0, 0.05) is 43.4 Å². The summed E-state index contributed by atoms with van der Waals surface area (Å²) >= 11 is 3.54. The lowest BCUT2D eigenvalue weighted by Gasteiger charge is -2.39. The first kappa shape index (κ1) is 29.1. The van der Waals surface area contributed by atoms with Gasteiger partial charge in [-0.1, -0.05) is 28.1 Å². The van der Waals surface area contributed by atoms with E-state index in [9.17, 15) is 5.11 Å². The van der Waals surface area contributed by atoms with E-state index >= 15 is 0 Å². The van der Waals surface area contributed by atoms with Crippen molar-refractivity contribution in [3.63, 3.8) is 0 Å². The van der Waals surface area contributed by atoms with Gasteiger partial charge in [0.25, 0.3) is 0 Å². The average molecular weight is 548 g/mol. The number of piperidine rings is 1. The van der Waals surface area contributed by atoms with Gasteiger partial charge in [0.15, 0.2) is 0 Å². The molecule has 180 valence electrons. The van der Waals surface area contributed by atoms with Gasteiger partial charge in [-0.25, -0.2) is 0 Å². The third-order valence-electron chi connectivity index (χ3n) is 5.95. The standard InChI is InChI=1S/C25H35BrN2O2.2ClH/c1-20(2)30-24-9-7-23(8-10-24)27(3)16-12-25(29)13-17-28(18-14-25)15-11-21-5-4-6-22(26)19-21;;/h4-10,19-20,29H,11-18H2,1-3H3;2*1H. The summed E-state index contributed by atoms with van der Waals surface area (Å²) in [5.41, 5.74) is 1.96. The fourth-order valence-corrected chi connectivity index (χ4v) is 4.43. The molecule has 0 unspecified atom stereocenters. The molecule has 1 aliphatic heterocycles. The molecule has 0 radical (unpaired) electrons. The van der Waals surface area contributed by atoms with Crippen molar-refractivity contribution in [3.05, 3.63) is 58.6 Å². The summed E-state index contributed by atoms with van der Waals surface area (Å²) in [6.07, 6.45) is 3.73. The molecular weight excluding hydrogens is 511 g/mol. The van der Waals surface area contributed by atoms with Crippen LogP contribution in [0.25, 0.3) is 0 Å². The Morgan fingerprint density at radius 3 is 2.34 bits per heavy atom. The summed E-state index contributed by atoms with van der Waals surface area (Å²) in [7, 11) is 2.09. The van der Waals surface area contributed by atoms with Gasteiger partial charge in [-0.15, -0.1) is 24.8 Å². The first-order chi connectivity index (χ1) is 14.3. The van der Waals surface area contributed by atoms with E-state index in [1.165, 1.54) is 5.56 Å². The van der Waals surface area contributed by atoms with Crippen molar-refractivity contribution in [2.24, 2.45) is 0 Å². The van der Waals surface area contributed by atoms with Crippen LogP contribution in [0.3, 0.4) is 0 Å². The molecule has 0 atom stereocenters. The molecule has 1 fully saturated rings. The van der Waals surface area contributed by atoms with E-state index in [2.05, 4.69) is 69.2 Å². The van der Waals surface area contributed by atoms with Gasteiger partial charge in [0.2, 0.25) is 0 Å². The molecule has 7 heteroatoms. The lowest BCUT2D eigenvalue weighted by molar-refractivity contribution is -0.0254. The third-order valence-corrected chi connectivity index (χ3v) is 6.45. The number of hydrogen-bond donors (Lipinski definition) is 1. The van der Waals surface area contributed by atoms with Crippen molar-refractivity contribution >= 4 is 46.4 Å². The smallest absolute Gasteiger partial charge is 0.119 e. The van der Waals surface area contributed by atoms with Gasteiger partial charge in [-0.3, -0.25) is 0 Å². The molecule has 2 aromatic carbocycles. The van der Waals surface area contributed by atoms with Crippen molar-refractivity contribution < 1.29 is 9.84 Å². The number of likely N-dealkylation sites (tertiary alicyclic amines) is 1. The highest BCUT2D eigenvalue weighted by atomic mass is 79.9. The molecule has 0 bridgehead atoms. The van der Waals surface area contributed by atoms with E-state index < -0.39 is 5.60 Å². The molecule has 1 heterocycles. The normalized spacial score (nSPS) is 15.6. The number of halogens is 3. The number of anilines is 1. The molecule has 4 nitrogen and oxygen atoms in total. The second-order valence-corrected chi connectivity index (χ2v) is 9.69. The van der Waals surface area contributed by atoms with Gasteiger partial charge >= 0.3 is 0 Å².